The highest BCUT2D eigenvalue weighted by molar-refractivity contribution is 8.09. The van der Waals surface area contributed by atoms with Crippen LogP contribution < -0.4 is 20.9 Å². The fourth-order valence-electron chi connectivity index (χ4n) is 3.22. The van der Waals surface area contributed by atoms with Crippen molar-refractivity contribution in [2.24, 2.45) is 0 Å². The van der Waals surface area contributed by atoms with Gasteiger partial charge in [-0.3, -0.25) is 19.1 Å². The molecule has 1 saturated heterocycles. The summed E-state index contributed by atoms with van der Waals surface area (Å²) in [5.41, 5.74) is -3.47. The first-order valence-corrected chi connectivity index (χ1v) is 13.6. The third-order valence-corrected chi connectivity index (χ3v) is 7.34. The first kappa shape index (κ1) is 27.6. The van der Waals surface area contributed by atoms with Crippen LogP contribution in [0.3, 0.4) is 0 Å². The van der Waals surface area contributed by atoms with E-state index in [4.69, 9.17) is 30.3 Å². The molecule has 0 bridgehead atoms. The summed E-state index contributed by atoms with van der Waals surface area (Å²) in [5.74, 6) is -0.480. The summed E-state index contributed by atoms with van der Waals surface area (Å²) in [6.07, 6.45) is -1.29. The van der Waals surface area contributed by atoms with Gasteiger partial charge >= 0.3 is 18.3 Å². The number of benzene rings is 1. The molecule has 36 heavy (non-hydrogen) atoms. The van der Waals surface area contributed by atoms with Crippen molar-refractivity contribution in [3.05, 3.63) is 75.5 Å². The minimum Gasteiger partial charge on any atom is -0.465 e. The molecule has 12 nitrogen and oxygen atoms in total. The molecule has 196 valence electrons. The molecule has 1 aliphatic heterocycles. The number of aliphatic hydroxyl groups is 2. The molecule has 1 aromatic carbocycles. The van der Waals surface area contributed by atoms with Crippen LogP contribution in [0.5, 0.6) is 5.75 Å². The highest BCUT2D eigenvalue weighted by Crippen LogP contribution is 2.47. The molecule has 0 saturated carbocycles. The Hall–Kier alpha value is -2.96. The average molecular weight is 542 g/mol. The van der Waals surface area contributed by atoms with Gasteiger partial charge in [-0.15, -0.1) is 0 Å². The van der Waals surface area contributed by atoms with Gasteiger partial charge in [-0.2, -0.15) is 0 Å². The summed E-state index contributed by atoms with van der Waals surface area (Å²) in [7, 11) is 0. The number of aromatic nitrogens is 2. The number of aromatic amines is 1. The van der Waals surface area contributed by atoms with E-state index in [0.29, 0.717) is 5.75 Å². The van der Waals surface area contributed by atoms with Gasteiger partial charge in [-0.1, -0.05) is 18.2 Å². The molecule has 0 aliphatic carbocycles. The highest BCUT2D eigenvalue weighted by Gasteiger charge is 2.52. The lowest BCUT2D eigenvalue weighted by Crippen LogP contribution is -2.45. The van der Waals surface area contributed by atoms with Gasteiger partial charge in [0.25, 0.3) is 5.56 Å². The molecule has 0 amide bonds. The molecule has 0 radical (unpaired) electrons. The number of ether oxygens (including phenoxy) is 2. The normalized spacial score (nSPS) is 25.1. The molecule has 2 aromatic rings. The zero-order valence-corrected chi connectivity index (χ0v) is 21.7. The smallest absolute Gasteiger partial charge is 0.365 e. The van der Waals surface area contributed by atoms with Gasteiger partial charge in [0, 0.05) is 24.1 Å². The Bertz CT molecular complexity index is 1280. The third kappa shape index (κ3) is 6.42. The maximum atomic E-state index is 12.3. The summed E-state index contributed by atoms with van der Waals surface area (Å²) < 4.78 is 23.3. The Morgan fingerprint density at radius 3 is 2.56 bits per heavy atom. The SMILES string of the molecule is CC(C)OC(=O)[C@H](C)NP(=S)(O/C=C1/O[C@@H](n2ccc(=O)[nH]c2=O)[C@](C)(O)[C@@H]1O)Oc1ccccc1. The summed E-state index contributed by atoms with van der Waals surface area (Å²) in [5, 5.41) is 24.4. The van der Waals surface area contributed by atoms with Gasteiger partial charge in [0.1, 0.15) is 24.2 Å². The van der Waals surface area contributed by atoms with E-state index in [2.05, 4.69) is 10.1 Å². The number of esters is 1. The van der Waals surface area contributed by atoms with Gasteiger partial charge in [-0.05, 0) is 39.8 Å². The Kier molecular flexibility index (Phi) is 8.42. The lowest BCUT2D eigenvalue weighted by atomic mass is 9.99. The number of hydrogen-bond donors (Lipinski definition) is 4. The molecule has 0 spiro atoms. The maximum Gasteiger partial charge on any atom is 0.365 e. The van der Waals surface area contributed by atoms with E-state index in [9.17, 15) is 24.6 Å². The van der Waals surface area contributed by atoms with Crippen molar-refractivity contribution in [2.45, 2.75) is 57.8 Å². The van der Waals surface area contributed by atoms with Gasteiger partial charge in [-0.25, -0.2) is 9.88 Å². The molecule has 1 unspecified atom stereocenters. The van der Waals surface area contributed by atoms with Crippen LogP contribution in [-0.2, 0) is 30.6 Å². The quantitative estimate of drug-likeness (QED) is 0.206. The first-order valence-electron chi connectivity index (χ1n) is 10.9. The summed E-state index contributed by atoms with van der Waals surface area (Å²) in [6.45, 7) is 2.68. The first-order chi connectivity index (χ1) is 16.8. The number of aliphatic hydroxyl groups excluding tert-OH is 1. The van der Waals surface area contributed by atoms with Crippen LogP contribution in [0.2, 0.25) is 0 Å². The van der Waals surface area contributed by atoms with Crippen LogP contribution in [0.15, 0.2) is 64.2 Å². The molecule has 1 aliphatic rings. The topological polar surface area (TPSA) is 161 Å². The van der Waals surface area contributed by atoms with Gasteiger partial charge in [0.05, 0.1) is 6.10 Å². The second-order valence-corrected chi connectivity index (χ2v) is 11.6. The second-order valence-electron chi connectivity index (χ2n) is 8.48. The second kappa shape index (κ2) is 11.0. The number of H-pyrrole nitrogens is 1. The summed E-state index contributed by atoms with van der Waals surface area (Å²) >= 11 is 5.59. The predicted molar refractivity (Wildman–Crippen MR) is 132 cm³/mol. The molecule has 2 heterocycles. The Balaban J connectivity index is 1.88. The molecular formula is C22H28N3O9PS. The van der Waals surface area contributed by atoms with Gasteiger partial charge in [0.2, 0.25) is 6.23 Å². The number of para-hydroxylation sites is 1. The molecular weight excluding hydrogens is 513 g/mol. The van der Waals surface area contributed by atoms with E-state index < -0.39 is 47.8 Å². The van der Waals surface area contributed by atoms with Crippen molar-refractivity contribution in [3.8, 4) is 5.75 Å². The van der Waals surface area contributed by atoms with Crippen molar-refractivity contribution in [2.75, 3.05) is 0 Å². The van der Waals surface area contributed by atoms with Crippen molar-refractivity contribution >= 4 is 24.4 Å². The lowest BCUT2D eigenvalue weighted by Gasteiger charge is -2.26. The molecule has 1 fully saturated rings. The molecule has 1 aromatic heterocycles. The highest BCUT2D eigenvalue weighted by atomic mass is 32.5. The maximum absolute atomic E-state index is 12.3. The number of rotatable bonds is 9. The van der Waals surface area contributed by atoms with Crippen molar-refractivity contribution < 1.29 is 33.5 Å². The van der Waals surface area contributed by atoms with Crippen LogP contribution >= 0.6 is 6.64 Å². The number of hydrogen-bond acceptors (Lipinski definition) is 10. The van der Waals surface area contributed by atoms with E-state index in [1.807, 2.05) is 0 Å². The molecule has 14 heteroatoms. The van der Waals surface area contributed by atoms with Gasteiger partial charge in [0.15, 0.2) is 11.4 Å². The molecule has 3 rings (SSSR count). The van der Waals surface area contributed by atoms with Gasteiger partial charge < -0.3 is 28.7 Å². The molecule has 4 N–H and O–H groups in total. The monoisotopic (exact) mass is 541 g/mol. The Labute approximate surface area is 211 Å². The largest absolute Gasteiger partial charge is 0.465 e. The van der Waals surface area contributed by atoms with Crippen LogP contribution in [0, 0.1) is 0 Å². The summed E-state index contributed by atoms with van der Waals surface area (Å²) in [6, 6.07) is 8.65. The number of nitrogens with one attached hydrogen (secondary N) is 2. The van der Waals surface area contributed by atoms with E-state index in [-0.39, 0.29) is 11.9 Å². The number of carbonyl (C=O) groups excluding carboxylic acids is 1. The standard InChI is InChI=1S/C22H28N3O9PS/c1-13(2)32-19(28)14(3)24-35(36,34-15-8-6-5-7-9-15)31-12-16-18(27)22(4,30)20(33-16)25-11-10-17(26)23-21(25)29/h5-14,18,20,27,30H,1-4H3,(H,24,36)(H,23,26,29)/b16-12+/t14-,18+,20+,22+,35?/m0/s1. The van der Waals surface area contributed by atoms with Crippen LogP contribution in [0.4, 0.5) is 0 Å². The zero-order valence-electron chi connectivity index (χ0n) is 20.0. The lowest BCUT2D eigenvalue weighted by molar-refractivity contribution is -0.149. The Morgan fingerprint density at radius 2 is 1.94 bits per heavy atom. The number of carbonyl (C=O) groups is 1. The van der Waals surface area contributed by atoms with E-state index in [0.717, 1.165) is 23.1 Å². The third-order valence-electron chi connectivity index (χ3n) is 5.01. The van der Waals surface area contributed by atoms with Crippen molar-refractivity contribution in [1.29, 1.82) is 0 Å². The van der Waals surface area contributed by atoms with Crippen LogP contribution in [-0.4, -0.2) is 49.6 Å². The minimum atomic E-state index is -3.51. The minimum absolute atomic E-state index is 0.256. The fourth-order valence-corrected chi connectivity index (χ4v) is 5.46. The zero-order chi connectivity index (χ0) is 26.7. The number of nitrogens with zero attached hydrogens (tertiary/aromatic N) is 1. The van der Waals surface area contributed by atoms with Crippen LogP contribution in [0.25, 0.3) is 0 Å². The summed E-state index contributed by atoms with van der Waals surface area (Å²) in [4.78, 5) is 38.0. The Morgan fingerprint density at radius 1 is 1.28 bits per heavy atom. The molecule has 5 atom stereocenters. The van der Waals surface area contributed by atoms with E-state index >= 15 is 0 Å². The predicted octanol–water partition coefficient (Wildman–Crippen LogP) is 1.27. The van der Waals surface area contributed by atoms with Crippen LogP contribution in [0.1, 0.15) is 33.9 Å². The van der Waals surface area contributed by atoms with Crippen molar-refractivity contribution in [3.63, 3.8) is 0 Å². The van der Waals surface area contributed by atoms with E-state index in [1.54, 1.807) is 44.2 Å². The fraction of sp³-hybridized carbons (Fsp3) is 0.409. The van der Waals surface area contributed by atoms with Crippen molar-refractivity contribution in [1.82, 2.24) is 14.6 Å². The van der Waals surface area contributed by atoms with E-state index in [1.165, 1.54) is 13.8 Å². The average Bonchev–Trinajstić information content (AvgIpc) is 3.01.